The SMILES string of the molecule is [2H][C@@H](C)[C@H](CC[C@@H](C)[C@H]1CC[C@H]2[C@@H]3CC=C4C[C@@H](O)CC[C@]4(C)[C@H]3CC[C@]12C)C(C)C. The summed E-state index contributed by atoms with van der Waals surface area (Å²) in [7, 11) is 0. The van der Waals surface area contributed by atoms with Gasteiger partial charge in [-0.25, -0.2) is 0 Å². The zero-order chi connectivity index (χ0) is 22.6. The molecule has 0 heterocycles. The van der Waals surface area contributed by atoms with Crippen molar-refractivity contribution in [1.29, 1.82) is 0 Å². The number of rotatable bonds is 6. The summed E-state index contributed by atoms with van der Waals surface area (Å²) < 4.78 is 8.29. The smallest absolute Gasteiger partial charge is 0.0577 e. The fourth-order valence-corrected chi connectivity index (χ4v) is 9.16. The Labute approximate surface area is 188 Å². The quantitative estimate of drug-likeness (QED) is 0.435. The first kappa shape index (κ1) is 21.5. The summed E-state index contributed by atoms with van der Waals surface area (Å²) in [4.78, 5) is 0. The summed E-state index contributed by atoms with van der Waals surface area (Å²) in [5.41, 5.74) is 2.49. The van der Waals surface area contributed by atoms with E-state index in [1.165, 1.54) is 51.4 Å². The number of aliphatic hydroxyl groups excluding tert-OH is 1. The number of fused-ring (bicyclic) bond motifs is 5. The number of hydrogen-bond donors (Lipinski definition) is 1. The molecule has 4 aliphatic rings. The average Bonchev–Trinajstić information content (AvgIpc) is 3.05. The fourth-order valence-electron chi connectivity index (χ4n) is 9.16. The van der Waals surface area contributed by atoms with E-state index >= 15 is 0 Å². The topological polar surface area (TPSA) is 20.2 Å². The van der Waals surface area contributed by atoms with Crippen molar-refractivity contribution in [1.82, 2.24) is 0 Å². The monoisotopic (exact) mass is 415 g/mol. The molecular weight excluding hydrogens is 364 g/mol. The zero-order valence-electron chi connectivity index (χ0n) is 21.8. The van der Waals surface area contributed by atoms with Crippen LogP contribution in [0.4, 0.5) is 0 Å². The average molecular weight is 416 g/mol. The van der Waals surface area contributed by atoms with Crippen LogP contribution in [-0.4, -0.2) is 11.2 Å². The Morgan fingerprint density at radius 1 is 1.07 bits per heavy atom. The largest absolute Gasteiger partial charge is 0.393 e. The van der Waals surface area contributed by atoms with Crippen LogP contribution in [0.25, 0.3) is 0 Å². The Morgan fingerprint density at radius 3 is 2.53 bits per heavy atom. The maximum absolute atomic E-state index is 10.3. The van der Waals surface area contributed by atoms with Crippen LogP contribution in [0, 0.1) is 52.3 Å². The molecule has 0 spiro atoms. The van der Waals surface area contributed by atoms with Crippen LogP contribution in [0.15, 0.2) is 11.6 Å². The molecule has 4 rings (SSSR count). The van der Waals surface area contributed by atoms with Gasteiger partial charge in [-0.05, 0) is 110 Å². The van der Waals surface area contributed by atoms with Gasteiger partial charge in [0.05, 0.1) is 6.10 Å². The molecule has 0 unspecified atom stereocenters. The third-order valence-electron chi connectivity index (χ3n) is 11.1. The van der Waals surface area contributed by atoms with E-state index in [0.717, 1.165) is 42.4 Å². The molecule has 4 aliphatic carbocycles. The second-order valence-corrected chi connectivity index (χ2v) is 12.7. The maximum atomic E-state index is 10.3. The van der Waals surface area contributed by atoms with Crippen molar-refractivity contribution < 1.29 is 6.48 Å². The maximum Gasteiger partial charge on any atom is 0.0577 e. The first-order valence-electron chi connectivity index (χ1n) is 14.0. The molecular formula is C29H50O. The lowest BCUT2D eigenvalue weighted by Crippen LogP contribution is -2.50. The second-order valence-electron chi connectivity index (χ2n) is 12.7. The van der Waals surface area contributed by atoms with Crippen molar-refractivity contribution in [2.24, 2.45) is 52.3 Å². The van der Waals surface area contributed by atoms with Crippen molar-refractivity contribution in [3.05, 3.63) is 11.6 Å². The zero-order valence-corrected chi connectivity index (χ0v) is 20.8. The number of hydrogen-bond acceptors (Lipinski definition) is 1. The van der Waals surface area contributed by atoms with Gasteiger partial charge in [-0.15, -0.1) is 0 Å². The van der Waals surface area contributed by atoms with Crippen LogP contribution < -0.4 is 0 Å². The minimum absolute atomic E-state index is 0.0625. The van der Waals surface area contributed by atoms with Crippen molar-refractivity contribution in [2.75, 3.05) is 0 Å². The third-order valence-corrected chi connectivity index (χ3v) is 11.1. The lowest BCUT2D eigenvalue weighted by Gasteiger charge is -2.58. The summed E-state index contributed by atoms with van der Waals surface area (Å²) in [6.45, 7) is 14.5. The lowest BCUT2D eigenvalue weighted by molar-refractivity contribution is -0.0575. The minimum Gasteiger partial charge on any atom is -0.393 e. The molecule has 0 bridgehead atoms. The van der Waals surface area contributed by atoms with Gasteiger partial charge in [-0.3, -0.25) is 0 Å². The highest BCUT2D eigenvalue weighted by Gasteiger charge is 2.59. The highest BCUT2D eigenvalue weighted by atomic mass is 16.3. The second kappa shape index (κ2) is 8.57. The van der Waals surface area contributed by atoms with E-state index in [2.05, 4.69) is 47.6 Å². The Kier molecular flexibility index (Phi) is 6.15. The Balaban J connectivity index is 1.47. The Morgan fingerprint density at radius 2 is 1.83 bits per heavy atom. The molecule has 0 aliphatic heterocycles. The van der Waals surface area contributed by atoms with E-state index in [1.54, 1.807) is 5.57 Å². The molecule has 3 saturated carbocycles. The van der Waals surface area contributed by atoms with Gasteiger partial charge in [-0.2, -0.15) is 0 Å². The molecule has 0 radical (unpaired) electrons. The van der Waals surface area contributed by atoms with E-state index in [1.807, 2.05) is 0 Å². The molecule has 10 atom stereocenters. The summed E-state index contributed by atoms with van der Waals surface area (Å²) in [6, 6.07) is 0. The van der Waals surface area contributed by atoms with Gasteiger partial charge in [0, 0.05) is 1.37 Å². The van der Waals surface area contributed by atoms with Crippen molar-refractivity contribution in [3.63, 3.8) is 0 Å². The van der Waals surface area contributed by atoms with Gasteiger partial charge in [0.25, 0.3) is 0 Å². The third kappa shape index (κ3) is 3.74. The van der Waals surface area contributed by atoms with Crippen LogP contribution in [-0.2, 0) is 0 Å². The fraction of sp³-hybridized carbons (Fsp3) is 0.931. The predicted molar refractivity (Wildman–Crippen MR) is 128 cm³/mol. The lowest BCUT2D eigenvalue weighted by atomic mass is 9.47. The molecule has 1 nitrogen and oxygen atoms in total. The van der Waals surface area contributed by atoms with Crippen LogP contribution in [0.1, 0.15) is 114 Å². The Bertz CT molecular complexity index is 660. The van der Waals surface area contributed by atoms with Crippen LogP contribution in [0.5, 0.6) is 0 Å². The molecule has 1 N–H and O–H groups in total. The minimum atomic E-state index is -0.0949. The van der Waals surface area contributed by atoms with Crippen LogP contribution >= 0.6 is 0 Å². The molecule has 30 heavy (non-hydrogen) atoms. The highest BCUT2D eigenvalue weighted by Crippen LogP contribution is 2.67. The Hall–Kier alpha value is -0.300. The van der Waals surface area contributed by atoms with E-state index in [0.29, 0.717) is 22.7 Å². The summed E-state index contributed by atoms with van der Waals surface area (Å²) >= 11 is 0. The first-order chi connectivity index (χ1) is 14.6. The van der Waals surface area contributed by atoms with Gasteiger partial charge < -0.3 is 5.11 Å². The van der Waals surface area contributed by atoms with E-state index in [9.17, 15) is 5.11 Å². The molecule has 0 saturated heterocycles. The van der Waals surface area contributed by atoms with Gasteiger partial charge in [0.15, 0.2) is 0 Å². The summed E-state index contributed by atoms with van der Waals surface area (Å²) in [5, 5.41) is 10.3. The van der Waals surface area contributed by atoms with Crippen LogP contribution in [0.3, 0.4) is 0 Å². The summed E-state index contributed by atoms with van der Waals surface area (Å²) in [5.74, 6) is 5.46. The van der Waals surface area contributed by atoms with Gasteiger partial charge in [-0.1, -0.05) is 66.0 Å². The van der Waals surface area contributed by atoms with Crippen molar-refractivity contribution in [3.8, 4) is 0 Å². The molecule has 0 aromatic rings. The van der Waals surface area contributed by atoms with Crippen LogP contribution in [0.2, 0.25) is 0 Å². The van der Waals surface area contributed by atoms with Crippen molar-refractivity contribution >= 4 is 0 Å². The highest BCUT2D eigenvalue weighted by molar-refractivity contribution is 5.25. The molecule has 1 heteroatoms. The summed E-state index contributed by atoms with van der Waals surface area (Å²) in [6.07, 6.45) is 15.2. The molecule has 172 valence electrons. The molecule has 0 aromatic heterocycles. The van der Waals surface area contributed by atoms with Gasteiger partial charge in [0.2, 0.25) is 0 Å². The number of allylic oxidation sites excluding steroid dienone is 1. The predicted octanol–water partition coefficient (Wildman–Crippen LogP) is 8.02. The van der Waals surface area contributed by atoms with Gasteiger partial charge >= 0.3 is 0 Å². The standard InChI is InChI=1S/C29H50O/c1-7-21(19(2)3)9-8-20(4)25-12-13-26-24-11-10-22-18-23(30)14-16-28(22,5)27(24)15-17-29(25,26)6/h10,19-21,23-27,30H,7-9,11-18H2,1-6H3/t20-,21-,23+,24+,25-,26+,27+,28+,29-/m1/s1/i7D/t7-,20+,21+,23-,24-,25+,26-,27-,28-,29+/m0. The molecule has 0 amide bonds. The molecule has 3 fully saturated rings. The van der Waals surface area contributed by atoms with Crippen molar-refractivity contribution in [2.45, 2.75) is 118 Å². The molecule has 0 aromatic carbocycles. The normalized spacial score (nSPS) is 46.9. The first-order valence-corrected chi connectivity index (χ1v) is 13.4. The van der Waals surface area contributed by atoms with Gasteiger partial charge in [0.1, 0.15) is 0 Å². The number of aliphatic hydroxyl groups is 1. The van der Waals surface area contributed by atoms with E-state index in [4.69, 9.17) is 1.37 Å². The van der Waals surface area contributed by atoms with E-state index < -0.39 is 0 Å². The van der Waals surface area contributed by atoms with E-state index in [-0.39, 0.29) is 12.5 Å².